The summed E-state index contributed by atoms with van der Waals surface area (Å²) in [5, 5.41) is 8.90. The quantitative estimate of drug-likeness (QED) is 0.694. The molecular weight excluding hydrogens is 256 g/mol. The number of H-pyrrole nitrogens is 1. The summed E-state index contributed by atoms with van der Waals surface area (Å²) in [7, 11) is 0. The fraction of sp³-hybridized carbons (Fsp3) is 0.500. The van der Waals surface area contributed by atoms with Crippen LogP contribution in [0.5, 0.6) is 0 Å². The zero-order chi connectivity index (χ0) is 13.1. The SMILES string of the molecule is Nc1c(N2CCSCC2CC(=O)O)nc[nH]c1=O. The van der Waals surface area contributed by atoms with Crippen LogP contribution in [0.4, 0.5) is 11.5 Å². The molecule has 0 radical (unpaired) electrons. The normalized spacial score (nSPS) is 19.8. The first-order chi connectivity index (χ1) is 8.59. The monoisotopic (exact) mass is 270 g/mol. The van der Waals surface area contributed by atoms with Gasteiger partial charge in [0.2, 0.25) is 0 Å². The van der Waals surface area contributed by atoms with Crippen LogP contribution in [0.1, 0.15) is 6.42 Å². The minimum Gasteiger partial charge on any atom is -0.481 e. The summed E-state index contributed by atoms with van der Waals surface area (Å²) in [4.78, 5) is 30.6. The number of hydrogen-bond acceptors (Lipinski definition) is 6. The molecule has 2 rings (SSSR count). The molecule has 1 aromatic rings. The van der Waals surface area contributed by atoms with Crippen LogP contribution in [-0.2, 0) is 4.79 Å². The Morgan fingerprint density at radius 2 is 2.50 bits per heavy atom. The Hall–Kier alpha value is -1.70. The maximum Gasteiger partial charge on any atom is 0.305 e. The molecule has 1 atom stereocenters. The second kappa shape index (κ2) is 5.30. The Kier molecular flexibility index (Phi) is 3.75. The van der Waals surface area contributed by atoms with E-state index in [4.69, 9.17) is 10.8 Å². The standard InChI is InChI=1S/C10H14N4O3S/c11-8-9(12-5-13-10(8)17)14-1-2-18-4-6(14)3-7(15)16/h5-6H,1-4,11H2,(H,15,16)(H,12,13,17). The molecule has 1 unspecified atom stereocenters. The van der Waals surface area contributed by atoms with Gasteiger partial charge >= 0.3 is 5.97 Å². The topological polar surface area (TPSA) is 112 Å². The average molecular weight is 270 g/mol. The van der Waals surface area contributed by atoms with Crippen molar-refractivity contribution in [1.29, 1.82) is 0 Å². The molecule has 0 aliphatic carbocycles. The van der Waals surface area contributed by atoms with Gasteiger partial charge in [-0.3, -0.25) is 9.59 Å². The molecule has 8 heteroatoms. The molecule has 1 aliphatic rings. The van der Waals surface area contributed by atoms with E-state index in [-0.39, 0.29) is 18.2 Å². The van der Waals surface area contributed by atoms with Crippen LogP contribution in [0.25, 0.3) is 0 Å². The van der Waals surface area contributed by atoms with Gasteiger partial charge in [0.25, 0.3) is 5.56 Å². The van der Waals surface area contributed by atoms with Crippen molar-refractivity contribution in [2.75, 3.05) is 28.7 Å². The van der Waals surface area contributed by atoms with Gasteiger partial charge in [0.05, 0.1) is 18.8 Å². The molecule has 2 heterocycles. The third kappa shape index (κ3) is 2.58. The van der Waals surface area contributed by atoms with Crippen molar-refractivity contribution in [2.24, 2.45) is 0 Å². The van der Waals surface area contributed by atoms with Gasteiger partial charge in [-0.2, -0.15) is 11.8 Å². The second-order valence-corrected chi connectivity index (χ2v) is 5.14. The van der Waals surface area contributed by atoms with Crippen molar-refractivity contribution in [1.82, 2.24) is 9.97 Å². The van der Waals surface area contributed by atoms with E-state index in [2.05, 4.69) is 9.97 Å². The number of carboxylic acids is 1. The van der Waals surface area contributed by atoms with E-state index in [0.29, 0.717) is 18.1 Å². The number of aliphatic carboxylic acids is 1. The number of rotatable bonds is 3. The highest BCUT2D eigenvalue weighted by Crippen LogP contribution is 2.26. The number of nitrogens with two attached hydrogens (primary N) is 1. The Morgan fingerprint density at radius 1 is 1.72 bits per heavy atom. The van der Waals surface area contributed by atoms with Gasteiger partial charge in [-0.25, -0.2) is 4.98 Å². The molecule has 0 saturated carbocycles. The smallest absolute Gasteiger partial charge is 0.305 e. The first-order valence-electron chi connectivity index (χ1n) is 5.49. The molecule has 98 valence electrons. The van der Waals surface area contributed by atoms with Gasteiger partial charge in [0.15, 0.2) is 5.82 Å². The summed E-state index contributed by atoms with van der Waals surface area (Å²) in [5.74, 6) is 1.07. The van der Waals surface area contributed by atoms with Crippen LogP contribution >= 0.6 is 11.8 Å². The molecule has 1 aliphatic heterocycles. The van der Waals surface area contributed by atoms with Crippen LogP contribution in [0.2, 0.25) is 0 Å². The van der Waals surface area contributed by atoms with Crippen molar-refractivity contribution in [3.63, 3.8) is 0 Å². The van der Waals surface area contributed by atoms with Gasteiger partial charge in [0, 0.05) is 18.1 Å². The van der Waals surface area contributed by atoms with Crippen molar-refractivity contribution in [2.45, 2.75) is 12.5 Å². The van der Waals surface area contributed by atoms with Crippen LogP contribution in [0.15, 0.2) is 11.1 Å². The molecule has 18 heavy (non-hydrogen) atoms. The van der Waals surface area contributed by atoms with Crippen LogP contribution in [0, 0.1) is 0 Å². The molecule has 1 fully saturated rings. The Morgan fingerprint density at radius 3 is 3.22 bits per heavy atom. The van der Waals surface area contributed by atoms with Crippen LogP contribution < -0.4 is 16.2 Å². The number of carboxylic acid groups (broad SMARTS) is 1. The number of nitrogens with zero attached hydrogens (tertiary/aromatic N) is 2. The van der Waals surface area contributed by atoms with E-state index >= 15 is 0 Å². The Labute approximate surface area is 107 Å². The maximum atomic E-state index is 11.4. The van der Waals surface area contributed by atoms with Gasteiger partial charge < -0.3 is 20.7 Å². The van der Waals surface area contributed by atoms with E-state index in [1.807, 2.05) is 4.90 Å². The number of nitrogen functional groups attached to an aromatic ring is 1. The summed E-state index contributed by atoms with van der Waals surface area (Å²) in [5.41, 5.74) is 5.35. The fourth-order valence-electron chi connectivity index (χ4n) is 1.93. The maximum absolute atomic E-state index is 11.4. The summed E-state index contributed by atoms with van der Waals surface area (Å²) >= 11 is 1.69. The molecule has 4 N–H and O–H groups in total. The highest BCUT2D eigenvalue weighted by Gasteiger charge is 2.27. The lowest BCUT2D eigenvalue weighted by atomic mass is 10.2. The predicted octanol–water partition coefficient (Wildman–Crippen LogP) is -0.251. The molecule has 0 amide bonds. The number of aromatic nitrogens is 2. The lowest BCUT2D eigenvalue weighted by Gasteiger charge is -2.35. The largest absolute Gasteiger partial charge is 0.481 e. The number of hydrogen-bond donors (Lipinski definition) is 3. The van der Waals surface area contributed by atoms with Crippen molar-refractivity contribution in [3.05, 3.63) is 16.7 Å². The molecular formula is C10H14N4O3S. The molecule has 1 saturated heterocycles. The summed E-state index contributed by atoms with van der Waals surface area (Å²) in [6.07, 6.45) is 1.30. The van der Waals surface area contributed by atoms with Gasteiger partial charge in [-0.05, 0) is 0 Å². The minimum atomic E-state index is -0.865. The van der Waals surface area contributed by atoms with Crippen molar-refractivity contribution in [3.8, 4) is 0 Å². The number of thioether (sulfide) groups is 1. The third-order valence-corrected chi connectivity index (χ3v) is 3.87. The van der Waals surface area contributed by atoms with E-state index in [9.17, 15) is 9.59 Å². The summed E-state index contributed by atoms with van der Waals surface area (Å²) in [6, 6.07) is -0.183. The Balaban J connectivity index is 2.30. The van der Waals surface area contributed by atoms with Crippen molar-refractivity contribution < 1.29 is 9.90 Å². The molecule has 1 aromatic heterocycles. The predicted molar refractivity (Wildman–Crippen MR) is 70.0 cm³/mol. The lowest BCUT2D eigenvalue weighted by Crippen LogP contribution is -2.45. The number of nitrogens with one attached hydrogen (secondary N) is 1. The molecule has 0 aromatic carbocycles. The summed E-state index contributed by atoms with van der Waals surface area (Å²) in [6.45, 7) is 0.642. The van der Waals surface area contributed by atoms with E-state index < -0.39 is 11.5 Å². The zero-order valence-corrected chi connectivity index (χ0v) is 10.4. The number of carbonyl (C=O) groups is 1. The van der Waals surface area contributed by atoms with E-state index in [1.165, 1.54) is 6.33 Å². The zero-order valence-electron chi connectivity index (χ0n) is 9.63. The molecule has 0 spiro atoms. The van der Waals surface area contributed by atoms with Gasteiger partial charge in [0.1, 0.15) is 5.69 Å². The van der Waals surface area contributed by atoms with Gasteiger partial charge in [-0.1, -0.05) is 0 Å². The highest BCUT2D eigenvalue weighted by atomic mass is 32.2. The van der Waals surface area contributed by atoms with Crippen molar-refractivity contribution >= 4 is 29.2 Å². The summed E-state index contributed by atoms with van der Waals surface area (Å²) < 4.78 is 0. The molecule has 0 bridgehead atoms. The van der Waals surface area contributed by atoms with Gasteiger partial charge in [-0.15, -0.1) is 0 Å². The fourth-order valence-corrected chi connectivity index (χ4v) is 3.00. The average Bonchev–Trinajstić information content (AvgIpc) is 2.33. The van der Waals surface area contributed by atoms with Crippen LogP contribution in [-0.4, -0.2) is 45.1 Å². The number of anilines is 2. The Bertz CT molecular complexity index is 504. The third-order valence-electron chi connectivity index (χ3n) is 2.78. The first kappa shape index (κ1) is 12.7. The lowest BCUT2D eigenvalue weighted by molar-refractivity contribution is -0.137. The van der Waals surface area contributed by atoms with E-state index in [1.54, 1.807) is 11.8 Å². The highest BCUT2D eigenvalue weighted by molar-refractivity contribution is 7.99. The number of aromatic amines is 1. The van der Waals surface area contributed by atoms with Crippen LogP contribution in [0.3, 0.4) is 0 Å². The second-order valence-electron chi connectivity index (χ2n) is 3.99. The minimum absolute atomic E-state index is 0.0148. The first-order valence-corrected chi connectivity index (χ1v) is 6.64. The van der Waals surface area contributed by atoms with E-state index in [0.717, 1.165) is 5.75 Å². The molecule has 7 nitrogen and oxygen atoms in total.